The zero-order valence-electron chi connectivity index (χ0n) is 27.9. The second-order valence-electron chi connectivity index (χ2n) is 12.3. The van der Waals surface area contributed by atoms with Crippen LogP contribution < -0.4 is 4.90 Å². The van der Waals surface area contributed by atoms with E-state index in [0.29, 0.717) is 0 Å². The van der Waals surface area contributed by atoms with Crippen molar-refractivity contribution in [2.75, 3.05) is 18.0 Å². The van der Waals surface area contributed by atoms with Gasteiger partial charge < -0.3 is 4.90 Å². The molecule has 0 saturated carbocycles. The van der Waals surface area contributed by atoms with Crippen LogP contribution in [-0.2, 0) is 0 Å². The number of hydrogen-bond acceptors (Lipinski definition) is 1. The van der Waals surface area contributed by atoms with Crippen molar-refractivity contribution in [1.82, 2.24) is 0 Å². The van der Waals surface area contributed by atoms with E-state index in [9.17, 15) is 0 Å². The molecule has 45 heavy (non-hydrogen) atoms. The molecule has 1 nitrogen and oxygen atoms in total. The normalized spacial score (nSPS) is 12.0. The molecular weight excluding hydrogens is 542 g/mol. The molecule has 0 aliphatic carbocycles. The summed E-state index contributed by atoms with van der Waals surface area (Å²) >= 11 is 0. The van der Waals surface area contributed by atoms with Gasteiger partial charge in [0.25, 0.3) is 0 Å². The summed E-state index contributed by atoms with van der Waals surface area (Å²) in [5.74, 6) is 0. The molecule has 5 rings (SSSR count). The molecule has 0 N–H and O–H groups in total. The average molecular weight is 590 g/mol. The van der Waals surface area contributed by atoms with E-state index >= 15 is 0 Å². The standard InChI is InChI=1S/C44H47N/c1-7-26-45(27-8-2)40-22-20-39(21-23-40)44(42-25-15-33(4)29-35(42)6)31-37-18-16-36(17-19-37)30-43(38-12-10-9-11-13-38)41-24-14-32(3)28-34(41)5/h9-25,28-31H,7-8,26-27H2,1-6H3/b43-30+,44-31-. The van der Waals surface area contributed by atoms with Gasteiger partial charge in [-0.05, 0) is 120 Å². The number of hydrogen-bond donors (Lipinski definition) is 0. The molecular formula is C44H47N. The first-order valence-corrected chi connectivity index (χ1v) is 16.5. The quantitative estimate of drug-likeness (QED) is 0.139. The van der Waals surface area contributed by atoms with Gasteiger partial charge in [-0.3, -0.25) is 0 Å². The van der Waals surface area contributed by atoms with Crippen molar-refractivity contribution >= 4 is 29.0 Å². The van der Waals surface area contributed by atoms with Crippen molar-refractivity contribution in [3.8, 4) is 0 Å². The Balaban J connectivity index is 1.54. The van der Waals surface area contributed by atoms with E-state index in [1.807, 2.05) is 0 Å². The Bertz CT molecular complexity index is 1760. The molecule has 0 aromatic heterocycles. The molecule has 1 heteroatoms. The van der Waals surface area contributed by atoms with Crippen LogP contribution in [0.15, 0.2) is 115 Å². The molecule has 228 valence electrons. The SMILES string of the molecule is CCCN(CCC)c1ccc(/C(=C/c2ccc(/C=C(\c3ccccc3)c3ccc(C)cc3C)cc2)c2ccc(C)cc2C)cc1. The summed E-state index contributed by atoms with van der Waals surface area (Å²) in [6.07, 6.45) is 6.97. The first kappa shape index (κ1) is 31.8. The molecule has 0 fully saturated rings. The lowest BCUT2D eigenvalue weighted by molar-refractivity contribution is 0.745. The Kier molecular flexibility index (Phi) is 10.5. The van der Waals surface area contributed by atoms with E-state index < -0.39 is 0 Å². The van der Waals surface area contributed by atoms with Gasteiger partial charge in [-0.25, -0.2) is 0 Å². The van der Waals surface area contributed by atoms with Gasteiger partial charge in [0.2, 0.25) is 0 Å². The molecule has 0 aliphatic rings. The van der Waals surface area contributed by atoms with Gasteiger partial charge in [0.05, 0.1) is 0 Å². The third-order valence-electron chi connectivity index (χ3n) is 8.52. The van der Waals surface area contributed by atoms with Crippen molar-refractivity contribution in [3.05, 3.63) is 171 Å². The van der Waals surface area contributed by atoms with Crippen molar-refractivity contribution in [2.45, 2.75) is 54.4 Å². The fraction of sp³-hybridized carbons (Fsp3) is 0.227. The Labute approximate surface area is 271 Å². The van der Waals surface area contributed by atoms with Crippen LogP contribution >= 0.6 is 0 Å². The minimum atomic E-state index is 1.09. The van der Waals surface area contributed by atoms with Crippen molar-refractivity contribution in [1.29, 1.82) is 0 Å². The molecule has 0 radical (unpaired) electrons. The molecule has 0 aliphatic heterocycles. The molecule has 0 atom stereocenters. The molecule has 5 aromatic rings. The third-order valence-corrected chi connectivity index (χ3v) is 8.52. The number of rotatable bonds is 11. The highest BCUT2D eigenvalue weighted by atomic mass is 15.1. The highest BCUT2D eigenvalue weighted by Crippen LogP contribution is 2.32. The zero-order chi connectivity index (χ0) is 31.8. The first-order valence-electron chi connectivity index (χ1n) is 16.5. The van der Waals surface area contributed by atoms with Gasteiger partial charge in [0.1, 0.15) is 0 Å². The van der Waals surface area contributed by atoms with Gasteiger partial charge in [-0.2, -0.15) is 0 Å². The second kappa shape index (κ2) is 14.9. The third kappa shape index (κ3) is 7.91. The van der Waals surface area contributed by atoms with E-state index in [0.717, 1.165) is 25.9 Å². The summed E-state index contributed by atoms with van der Waals surface area (Å²) in [4.78, 5) is 2.50. The van der Waals surface area contributed by atoms with Crippen LogP contribution in [0.1, 0.15) is 82.3 Å². The Morgan fingerprint density at radius 3 is 1.38 bits per heavy atom. The van der Waals surface area contributed by atoms with E-state index in [4.69, 9.17) is 0 Å². The smallest absolute Gasteiger partial charge is 0.0366 e. The molecule has 0 saturated heterocycles. The lowest BCUT2D eigenvalue weighted by Gasteiger charge is -2.24. The van der Waals surface area contributed by atoms with Gasteiger partial charge in [-0.1, -0.05) is 128 Å². The predicted molar refractivity (Wildman–Crippen MR) is 198 cm³/mol. The van der Waals surface area contributed by atoms with Gasteiger partial charge in [-0.15, -0.1) is 0 Å². The van der Waals surface area contributed by atoms with Crippen LogP contribution in [0.3, 0.4) is 0 Å². The molecule has 0 amide bonds. The maximum absolute atomic E-state index is 2.50. The Hall–Kier alpha value is -4.62. The summed E-state index contributed by atoms with van der Waals surface area (Å²) in [5.41, 5.74) is 16.4. The topological polar surface area (TPSA) is 3.24 Å². The van der Waals surface area contributed by atoms with Crippen molar-refractivity contribution in [2.24, 2.45) is 0 Å². The molecule has 0 heterocycles. The highest BCUT2D eigenvalue weighted by Gasteiger charge is 2.12. The van der Waals surface area contributed by atoms with Crippen LogP contribution in [-0.4, -0.2) is 13.1 Å². The summed E-state index contributed by atoms with van der Waals surface area (Å²) < 4.78 is 0. The highest BCUT2D eigenvalue weighted by molar-refractivity contribution is 5.94. The van der Waals surface area contributed by atoms with Crippen LogP contribution in [0.2, 0.25) is 0 Å². The maximum atomic E-state index is 2.50. The van der Waals surface area contributed by atoms with E-state index in [1.54, 1.807) is 0 Å². The van der Waals surface area contributed by atoms with Crippen LogP contribution in [0.5, 0.6) is 0 Å². The molecule has 0 bridgehead atoms. The van der Waals surface area contributed by atoms with E-state index in [1.165, 1.54) is 72.5 Å². The molecule has 0 spiro atoms. The van der Waals surface area contributed by atoms with Gasteiger partial charge in [0, 0.05) is 18.8 Å². The molecule has 0 unspecified atom stereocenters. The first-order chi connectivity index (χ1) is 21.9. The van der Waals surface area contributed by atoms with Crippen LogP contribution in [0.25, 0.3) is 23.3 Å². The van der Waals surface area contributed by atoms with Crippen LogP contribution in [0.4, 0.5) is 5.69 Å². The Morgan fingerprint density at radius 1 is 0.511 bits per heavy atom. The minimum absolute atomic E-state index is 1.09. The fourth-order valence-electron chi connectivity index (χ4n) is 6.27. The molecule has 5 aromatic carbocycles. The maximum Gasteiger partial charge on any atom is 0.0366 e. The minimum Gasteiger partial charge on any atom is -0.372 e. The predicted octanol–water partition coefficient (Wildman–Crippen LogP) is 11.7. The fourth-order valence-corrected chi connectivity index (χ4v) is 6.27. The summed E-state index contributed by atoms with van der Waals surface area (Å²) in [6, 6.07) is 42.4. The van der Waals surface area contributed by atoms with Gasteiger partial charge in [0.15, 0.2) is 0 Å². The monoisotopic (exact) mass is 589 g/mol. The number of anilines is 1. The summed E-state index contributed by atoms with van der Waals surface area (Å²) in [6.45, 7) is 15.4. The summed E-state index contributed by atoms with van der Waals surface area (Å²) in [5, 5.41) is 0. The second-order valence-corrected chi connectivity index (χ2v) is 12.3. The summed E-state index contributed by atoms with van der Waals surface area (Å²) in [7, 11) is 0. The Morgan fingerprint density at radius 2 is 0.956 bits per heavy atom. The lowest BCUT2D eigenvalue weighted by Crippen LogP contribution is -2.24. The number of benzene rings is 5. The number of nitrogens with zero attached hydrogens (tertiary/aromatic N) is 1. The van der Waals surface area contributed by atoms with E-state index in [2.05, 4.69) is 174 Å². The van der Waals surface area contributed by atoms with Crippen molar-refractivity contribution < 1.29 is 0 Å². The average Bonchev–Trinajstić information content (AvgIpc) is 3.04. The van der Waals surface area contributed by atoms with Crippen LogP contribution in [0, 0.1) is 27.7 Å². The van der Waals surface area contributed by atoms with E-state index in [-0.39, 0.29) is 0 Å². The number of aryl methyl sites for hydroxylation is 4. The lowest BCUT2D eigenvalue weighted by atomic mass is 9.90. The zero-order valence-corrected chi connectivity index (χ0v) is 27.9. The largest absolute Gasteiger partial charge is 0.372 e. The van der Waals surface area contributed by atoms with Crippen molar-refractivity contribution in [3.63, 3.8) is 0 Å². The van der Waals surface area contributed by atoms with Gasteiger partial charge >= 0.3 is 0 Å².